The quantitative estimate of drug-likeness (QED) is 0.747. The van der Waals surface area contributed by atoms with Gasteiger partial charge in [-0.2, -0.15) is 0 Å². The van der Waals surface area contributed by atoms with Crippen LogP contribution >= 0.6 is 0 Å². The van der Waals surface area contributed by atoms with Crippen LogP contribution in [0.25, 0.3) is 0 Å². The van der Waals surface area contributed by atoms with E-state index in [1.165, 1.54) is 6.07 Å². The Labute approximate surface area is 107 Å². The largest absolute Gasteiger partial charge is 0.327 e. The van der Waals surface area contributed by atoms with Crippen molar-refractivity contribution in [2.45, 2.75) is 19.8 Å². The second-order valence-electron chi connectivity index (χ2n) is 4.80. The fraction of sp³-hybridized carbons (Fsp3) is 0.400. The molecule has 0 unspecified atom stereocenters. The number of rotatable bonds is 4. The topological polar surface area (TPSA) is 20.3 Å². The Morgan fingerprint density at radius 2 is 2.28 bits per heavy atom. The number of benzene rings is 1. The highest BCUT2D eigenvalue weighted by molar-refractivity contribution is 5.94. The monoisotopic (exact) mass is 245 g/mol. The van der Waals surface area contributed by atoms with Gasteiger partial charge in [0.1, 0.15) is 5.82 Å². The van der Waals surface area contributed by atoms with E-state index in [2.05, 4.69) is 5.92 Å². The third-order valence-electron chi connectivity index (χ3n) is 3.16. The number of nitrogens with zero attached hydrogens (tertiary/aromatic N) is 1. The first-order valence-corrected chi connectivity index (χ1v) is 6.10. The summed E-state index contributed by atoms with van der Waals surface area (Å²) in [7, 11) is 0. The van der Waals surface area contributed by atoms with Crippen molar-refractivity contribution in [1.82, 2.24) is 4.90 Å². The van der Waals surface area contributed by atoms with Crippen LogP contribution in [0, 0.1) is 31.0 Å². The van der Waals surface area contributed by atoms with Crippen molar-refractivity contribution in [3.05, 3.63) is 35.1 Å². The lowest BCUT2D eigenvalue weighted by Crippen LogP contribution is -2.33. The summed E-state index contributed by atoms with van der Waals surface area (Å²) >= 11 is 0. The first-order chi connectivity index (χ1) is 8.61. The molecule has 0 N–H and O–H groups in total. The second-order valence-corrected chi connectivity index (χ2v) is 4.80. The lowest BCUT2D eigenvalue weighted by Gasteiger charge is -2.20. The average molecular weight is 245 g/mol. The normalized spacial score (nSPS) is 14.1. The standard InChI is InChI=1S/C15H16FNO/c1-3-8-17(10-12-5-6-12)15(18)13-7-4-11(2)14(16)9-13/h1,4,7,9,12H,5-6,8,10H2,2H3. The summed E-state index contributed by atoms with van der Waals surface area (Å²) in [4.78, 5) is 13.9. The molecule has 2 rings (SSSR count). The minimum Gasteiger partial charge on any atom is -0.327 e. The molecule has 1 aliphatic rings. The molecule has 0 aromatic heterocycles. The van der Waals surface area contributed by atoms with Crippen LogP contribution in [0.1, 0.15) is 28.8 Å². The highest BCUT2D eigenvalue weighted by Gasteiger charge is 2.27. The Kier molecular flexibility index (Phi) is 3.66. The Morgan fingerprint density at radius 1 is 1.56 bits per heavy atom. The fourth-order valence-corrected chi connectivity index (χ4v) is 1.85. The number of amides is 1. The average Bonchev–Trinajstić information content (AvgIpc) is 3.15. The van der Waals surface area contributed by atoms with Crippen molar-refractivity contribution in [1.29, 1.82) is 0 Å². The van der Waals surface area contributed by atoms with E-state index in [-0.39, 0.29) is 18.3 Å². The Hall–Kier alpha value is -1.82. The number of carbonyl (C=O) groups excluding carboxylic acids is 1. The van der Waals surface area contributed by atoms with Crippen LogP contribution in [0.4, 0.5) is 4.39 Å². The first kappa shape index (κ1) is 12.6. The van der Waals surface area contributed by atoms with Crippen LogP contribution in [0.2, 0.25) is 0 Å². The number of carbonyl (C=O) groups is 1. The van der Waals surface area contributed by atoms with Crippen LogP contribution in [-0.4, -0.2) is 23.9 Å². The maximum absolute atomic E-state index is 13.5. The number of halogens is 1. The zero-order valence-corrected chi connectivity index (χ0v) is 10.4. The maximum atomic E-state index is 13.5. The maximum Gasteiger partial charge on any atom is 0.254 e. The molecule has 94 valence electrons. The van der Waals surface area contributed by atoms with E-state index in [4.69, 9.17) is 6.42 Å². The lowest BCUT2D eigenvalue weighted by molar-refractivity contribution is 0.0769. The molecule has 0 heterocycles. The van der Waals surface area contributed by atoms with Crippen LogP contribution in [0.5, 0.6) is 0 Å². The van der Waals surface area contributed by atoms with Crippen molar-refractivity contribution in [2.75, 3.05) is 13.1 Å². The number of aryl methyl sites for hydroxylation is 1. The molecule has 3 heteroatoms. The van der Waals surface area contributed by atoms with Gasteiger partial charge in [-0.25, -0.2) is 4.39 Å². The molecule has 1 aliphatic carbocycles. The van der Waals surface area contributed by atoms with Gasteiger partial charge in [0.05, 0.1) is 6.54 Å². The van der Waals surface area contributed by atoms with Gasteiger partial charge in [-0.3, -0.25) is 4.79 Å². The molecular weight excluding hydrogens is 229 g/mol. The Morgan fingerprint density at radius 3 is 2.83 bits per heavy atom. The molecule has 0 spiro atoms. The number of hydrogen-bond acceptors (Lipinski definition) is 1. The van der Waals surface area contributed by atoms with Gasteiger partial charge >= 0.3 is 0 Å². The summed E-state index contributed by atoms with van der Waals surface area (Å²) in [6.07, 6.45) is 7.58. The summed E-state index contributed by atoms with van der Waals surface area (Å²) in [6.45, 7) is 2.64. The van der Waals surface area contributed by atoms with Gasteiger partial charge in [-0.05, 0) is 43.4 Å². The zero-order valence-electron chi connectivity index (χ0n) is 10.4. The van der Waals surface area contributed by atoms with Gasteiger partial charge in [0.25, 0.3) is 5.91 Å². The van der Waals surface area contributed by atoms with E-state index in [0.29, 0.717) is 23.6 Å². The fourth-order valence-electron chi connectivity index (χ4n) is 1.85. The highest BCUT2D eigenvalue weighted by atomic mass is 19.1. The summed E-state index contributed by atoms with van der Waals surface area (Å²) < 4.78 is 13.5. The van der Waals surface area contributed by atoms with Gasteiger partial charge in [0.2, 0.25) is 0 Å². The molecule has 0 aliphatic heterocycles. The highest BCUT2D eigenvalue weighted by Crippen LogP contribution is 2.30. The van der Waals surface area contributed by atoms with Gasteiger partial charge < -0.3 is 4.90 Å². The molecule has 1 fully saturated rings. The van der Waals surface area contributed by atoms with Gasteiger partial charge in [-0.15, -0.1) is 6.42 Å². The predicted octanol–water partition coefficient (Wildman–Crippen LogP) is 2.62. The van der Waals surface area contributed by atoms with Crippen LogP contribution < -0.4 is 0 Å². The lowest BCUT2D eigenvalue weighted by atomic mass is 10.1. The van der Waals surface area contributed by atoms with E-state index in [1.54, 1.807) is 24.0 Å². The van der Waals surface area contributed by atoms with E-state index >= 15 is 0 Å². The first-order valence-electron chi connectivity index (χ1n) is 6.10. The van der Waals surface area contributed by atoms with Gasteiger partial charge in [-0.1, -0.05) is 12.0 Å². The number of terminal acetylenes is 1. The Balaban J connectivity index is 2.15. The minimum atomic E-state index is -0.354. The summed E-state index contributed by atoms with van der Waals surface area (Å²) in [5.74, 6) is 2.52. The van der Waals surface area contributed by atoms with Gasteiger partial charge in [0.15, 0.2) is 0 Å². The second kappa shape index (κ2) is 5.22. The van der Waals surface area contributed by atoms with Gasteiger partial charge in [0, 0.05) is 12.1 Å². The molecule has 0 saturated heterocycles. The van der Waals surface area contributed by atoms with Crippen molar-refractivity contribution in [3.8, 4) is 12.3 Å². The van der Waals surface area contributed by atoms with Crippen molar-refractivity contribution in [3.63, 3.8) is 0 Å². The summed E-state index contributed by atoms with van der Waals surface area (Å²) in [5, 5.41) is 0. The third kappa shape index (κ3) is 2.89. The van der Waals surface area contributed by atoms with Crippen LogP contribution in [0.3, 0.4) is 0 Å². The summed E-state index contributed by atoms with van der Waals surface area (Å²) in [6, 6.07) is 4.55. The molecule has 2 nitrogen and oxygen atoms in total. The van der Waals surface area contributed by atoms with Crippen molar-refractivity contribution < 1.29 is 9.18 Å². The molecule has 18 heavy (non-hydrogen) atoms. The van der Waals surface area contributed by atoms with E-state index in [1.807, 2.05) is 0 Å². The molecule has 1 saturated carbocycles. The molecule has 0 atom stereocenters. The number of hydrogen-bond donors (Lipinski definition) is 0. The molecule has 1 aromatic rings. The predicted molar refractivity (Wildman–Crippen MR) is 68.6 cm³/mol. The van der Waals surface area contributed by atoms with E-state index in [0.717, 1.165) is 12.8 Å². The molecule has 1 amide bonds. The van der Waals surface area contributed by atoms with E-state index in [9.17, 15) is 9.18 Å². The molecule has 1 aromatic carbocycles. The third-order valence-corrected chi connectivity index (χ3v) is 3.16. The zero-order chi connectivity index (χ0) is 13.1. The Bertz CT molecular complexity index is 500. The van der Waals surface area contributed by atoms with Crippen LogP contribution in [-0.2, 0) is 0 Å². The molecule has 0 radical (unpaired) electrons. The van der Waals surface area contributed by atoms with Crippen LogP contribution in [0.15, 0.2) is 18.2 Å². The van der Waals surface area contributed by atoms with Crippen molar-refractivity contribution >= 4 is 5.91 Å². The minimum absolute atomic E-state index is 0.182. The molecule has 0 bridgehead atoms. The smallest absolute Gasteiger partial charge is 0.254 e. The summed E-state index contributed by atoms with van der Waals surface area (Å²) in [5.41, 5.74) is 0.909. The van der Waals surface area contributed by atoms with E-state index < -0.39 is 0 Å². The molecular formula is C15H16FNO. The van der Waals surface area contributed by atoms with Crippen molar-refractivity contribution in [2.24, 2.45) is 5.92 Å². The SMILES string of the molecule is C#CCN(CC1CC1)C(=O)c1ccc(C)c(F)c1.